The molecule has 0 fully saturated rings. The molecule has 0 saturated carbocycles. The van der Waals surface area contributed by atoms with Crippen molar-refractivity contribution in [3.63, 3.8) is 0 Å². The number of nitrogens with zero attached hydrogens (tertiary/aromatic N) is 2. The fourth-order valence-corrected chi connectivity index (χ4v) is 3.20. The van der Waals surface area contributed by atoms with Crippen LogP contribution in [-0.4, -0.2) is 4.98 Å². The minimum Gasteiger partial charge on any atom is -0.235 e. The Balaban J connectivity index is 1.88. The van der Waals surface area contributed by atoms with E-state index in [1.54, 1.807) is 6.08 Å². The maximum atomic E-state index is 9.44. The SMILES string of the molecule is N#C/C(=C\C(Cl)=C\c1ccccc1)c1nc(-c2ccccc2)cs1. The third kappa shape index (κ3) is 3.99. The molecule has 0 amide bonds. The Kier molecular flexibility index (Phi) is 5.22. The van der Waals surface area contributed by atoms with Crippen molar-refractivity contribution in [3.05, 3.63) is 87.7 Å². The van der Waals surface area contributed by atoms with Crippen molar-refractivity contribution in [2.24, 2.45) is 0 Å². The predicted molar refractivity (Wildman–Crippen MR) is 101 cm³/mol. The van der Waals surface area contributed by atoms with Gasteiger partial charge < -0.3 is 0 Å². The van der Waals surface area contributed by atoms with Crippen LogP contribution >= 0.6 is 22.9 Å². The summed E-state index contributed by atoms with van der Waals surface area (Å²) < 4.78 is 0. The normalized spacial score (nSPS) is 12.0. The van der Waals surface area contributed by atoms with Gasteiger partial charge in [-0.3, -0.25) is 0 Å². The molecule has 0 unspecified atom stereocenters. The second-order valence-corrected chi connectivity index (χ2v) is 6.31. The van der Waals surface area contributed by atoms with Gasteiger partial charge in [0.25, 0.3) is 0 Å². The van der Waals surface area contributed by atoms with Crippen LogP contribution in [0.4, 0.5) is 0 Å². The lowest BCUT2D eigenvalue weighted by Crippen LogP contribution is -1.82. The Bertz CT molecular complexity index is 919. The first kappa shape index (κ1) is 16.2. The minimum atomic E-state index is 0.458. The fraction of sp³-hybridized carbons (Fsp3) is 0. The molecule has 1 heterocycles. The van der Waals surface area contributed by atoms with E-state index in [0.29, 0.717) is 15.6 Å². The molecule has 0 spiro atoms. The summed E-state index contributed by atoms with van der Waals surface area (Å²) in [6.07, 6.45) is 3.48. The Hall–Kier alpha value is -2.67. The largest absolute Gasteiger partial charge is 0.235 e. The summed E-state index contributed by atoms with van der Waals surface area (Å²) in [4.78, 5) is 4.55. The molecule has 3 aromatic rings. The highest BCUT2D eigenvalue weighted by Crippen LogP contribution is 2.27. The molecule has 0 aliphatic rings. The molecule has 116 valence electrons. The van der Waals surface area contributed by atoms with E-state index in [4.69, 9.17) is 11.6 Å². The summed E-state index contributed by atoms with van der Waals surface area (Å²) in [5, 5.41) is 12.5. The number of hydrogen-bond donors (Lipinski definition) is 0. The molecule has 1 aromatic heterocycles. The molecule has 2 aromatic carbocycles. The molecule has 0 N–H and O–H groups in total. The first-order valence-electron chi connectivity index (χ1n) is 7.31. The zero-order chi connectivity index (χ0) is 16.8. The van der Waals surface area contributed by atoms with Crippen LogP contribution in [0.5, 0.6) is 0 Å². The van der Waals surface area contributed by atoms with Crippen molar-refractivity contribution in [1.29, 1.82) is 5.26 Å². The summed E-state index contributed by atoms with van der Waals surface area (Å²) in [6, 6.07) is 21.8. The summed E-state index contributed by atoms with van der Waals surface area (Å²) in [7, 11) is 0. The predicted octanol–water partition coefficient (Wildman–Crippen LogP) is 6.00. The summed E-state index contributed by atoms with van der Waals surface area (Å²) in [5.74, 6) is 0. The Morgan fingerprint density at radius 1 is 1.04 bits per heavy atom. The zero-order valence-corrected chi connectivity index (χ0v) is 14.3. The Morgan fingerprint density at radius 2 is 1.71 bits per heavy atom. The van der Waals surface area contributed by atoms with Crippen molar-refractivity contribution in [3.8, 4) is 17.3 Å². The van der Waals surface area contributed by atoms with Crippen LogP contribution in [0, 0.1) is 11.3 Å². The van der Waals surface area contributed by atoms with Crippen LogP contribution in [-0.2, 0) is 0 Å². The molecule has 24 heavy (non-hydrogen) atoms. The topological polar surface area (TPSA) is 36.7 Å². The zero-order valence-electron chi connectivity index (χ0n) is 12.7. The Labute approximate surface area is 150 Å². The number of hydrogen-bond acceptors (Lipinski definition) is 3. The van der Waals surface area contributed by atoms with Gasteiger partial charge in [0.05, 0.1) is 11.3 Å². The summed E-state index contributed by atoms with van der Waals surface area (Å²) in [5.41, 5.74) is 3.34. The molecular weight excluding hydrogens is 336 g/mol. The first-order valence-corrected chi connectivity index (χ1v) is 8.57. The number of rotatable bonds is 4. The average Bonchev–Trinajstić information content (AvgIpc) is 3.11. The van der Waals surface area contributed by atoms with Gasteiger partial charge in [0.1, 0.15) is 11.1 Å². The van der Waals surface area contributed by atoms with Crippen LogP contribution in [0.1, 0.15) is 10.6 Å². The minimum absolute atomic E-state index is 0.458. The second kappa shape index (κ2) is 7.74. The van der Waals surface area contributed by atoms with E-state index in [1.807, 2.05) is 72.1 Å². The van der Waals surface area contributed by atoms with Gasteiger partial charge in [-0.05, 0) is 17.7 Å². The number of allylic oxidation sites excluding steroid dienone is 3. The van der Waals surface area contributed by atoms with E-state index in [0.717, 1.165) is 16.8 Å². The molecule has 0 radical (unpaired) electrons. The van der Waals surface area contributed by atoms with Gasteiger partial charge in [0.15, 0.2) is 0 Å². The van der Waals surface area contributed by atoms with Crippen LogP contribution < -0.4 is 0 Å². The third-order valence-electron chi connectivity index (χ3n) is 3.31. The highest BCUT2D eigenvalue weighted by molar-refractivity contribution is 7.11. The number of nitriles is 1. The summed E-state index contributed by atoms with van der Waals surface area (Å²) in [6.45, 7) is 0. The number of halogens is 1. The molecule has 3 rings (SSSR count). The maximum absolute atomic E-state index is 9.44. The van der Waals surface area contributed by atoms with Crippen LogP contribution in [0.25, 0.3) is 22.9 Å². The molecule has 0 aliphatic heterocycles. The molecule has 0 atom stereocenters. The Morgan fingerprint density at radius 3 is 2.38 bits per heavy atom. The van der Waals surface area contributed by atoms with Crippen molar-refractivity contribution in [2.75, 3.05) is 0 Å². The number of thiazole rings is 1. The standard InChI is InChI=1S/C20H13ClN2S/c21-18(11-15-7-3-1-4-8-15)12-17(13-22)20-23-19(14-24-20)16-9-5-2-6-10-16/h1-12,14H/b17-12+,18-11-. The van der Waals surface area contributed by atoms with Gasteiger partial charge in [-0.2, -0.15) is 5.26 Å². The van der Waals surface area contributed by atoms with Gasteiger partial charge in [0.2, 0.25) is 0 Å². The van der Waals surface area contributed by atoms with Gasteiger partial charge in [-0.25, -0.2) is 4.98 Å². The van der Waals surface area contributed by atoms with Crippen LogP contribution in [0.2, 0.25) is 0 Å². The van der Waals surface area contributed by atoms with E-state index in [2.05, 4.69) is 11.1 Å². The van der Waals surface area contributed by atoms with Crippen molar-refractivity contribution in [1.82, 2.24) is 4.98 Å². The van der Waals surface area contributed by atoms with Crippen molar-refractivity contribution < 1.29 is 0 Å². The lowest BCUT2D eigenvalue weighted by Gasteiger charge is -1.96. The highest BCUT2D eigenvalue weighted by atomic mass is 35.5. The lowest BCUT2D eigenvalue weighted by molar-refractivity contribution is 1.37. The van der Waals surface area contributed by atoms with E-state index in [-0.39, 0.29) is 0 Å². The van der Waals surface area contributed by atoms with Gasteiger partial charge >= 0.3 is 0 Å². The third-order valence-corrected chi connectivity index (χ3v) is 4.40. The van der Waals surface area contributed by atoms with Crippen LogP contribution in [0.3, 0.4) is 0 Å². The molecule has 0 saturated heterocycles. The molecule has 2 nitrogen and oxygen atoms in total. The smallest absolute Gasteiger partial charge is 0.134 e. The lowest BCUT2D eigenvalue weighted by atomic mass is 10.2. The molecule has 4 heteroatoms. The van der Waals surface area contributed by atoms with Gasteiger partial charge in [0, 0.05) is 16.0 Å². The number of aromatic nitrogens is 1. The van der Waals surface area contributed by atoms with E-state index in [1.165, 1.54) is 11.3 Å². The van der Waals surface area contributed by atoms with E-state index in [9.17, 15) is 5.26 Å². The summed E-state index contributed by atoms with van der Waals surface area (Å²) >= 11 is 7.71. The van der Waals surface area contributed by atoms with Gasteiger partial charge in [-0.1, -0.05) is 72.3 Å². The molecule has 0 bridgehead atoms. The highest BCUT2D eigenvalue weighted by Gasteiger charge is 2.09. The quantitative estimate of drug-likeness (QED) is 0.428. The first-order chi connectivity index (χ1) is 11.8. The van der Waals surface area contributed by atoms with E-state index >= 15 is 0 Å². The monoisotopic (exact) mass is 348 g/mol. The fourth-order valence-electron chi connectivity index (χ4n) is 2.17. The molecular formula is C20H13ClN2S. The van der Waals surface area contributed by atoms with Crippen molar-refractivity contribution >= 4 is 34.6 Å². The van der Waals surface area contributed by atoms with E-state index < -0.39 is 0 Å². The van der Waals surface area contributed by atoms with Crippen molar-refractivity contribution in [2.45, 2.75) is 0 Å². The van der Waals surface area contributed by atoms with Crippen LogP contribution in [0.15, 0.2) is 77.2 Å². The van der Waals surface area contributed by atoms with Gasteiger partial charge in [-0.15, -0.1) is 11.3 Å². The number of benzene rings is 2. The second-order valence-electron chi connectivity index (χ2n) is 5.01. The molecule has 0 aliphatic carbocycles. The average molecular weight is 349 g/mol. The maximum Gasteiger partial charge on any atom is 0.134 e.